The summed E-state index contributed by atoms with van der Waals surface area (Å²) in [7, 11) is 0. The highest BCUT2D eigenvalue weighted by molar-refractivity contribution is 6.15. The number of aryl methyl sites for hydroxylation is 4. The normalized spacial score (nSPS) is 19.7. The number of carbonyl (C=O) groups is 2. The van der Waals surface area contributed by atoms with Crippen molar-refractivity contribution in [1.29, 1.82) is 0 Å². The quantitative estimate of drug-likeness (QED) is 0.694. The Morgan fingerprint density at radius 1 is 0.926 bits per heavy atom. The van der Waals surface area contributed by atoms with Crippen LogP contribution in [-0.2, 0) is 28.9 Å². The molecule has 2 unspecified atom stereocenters. The van der Waals surface area contributed by atoms with E-state index in [0.717, 1.165) is 40.7 Å². The minimum atomic E-state index is -0.686. The lowest BCUT2D eigenvalue weighted by atomic mass is 9.83. The Kier molecular flexibility index (Phi) is 5.59. The molecular weight excluding hydrogens is 339 g/mol. The van der Waals surface area contributed by atoms with Crippen LogP contribution >= 0.6 is 0 Å². The first-order valence-electron chi connectivity index (χ1n) is 9.79. The van der Waals surface area contributed by atoms with E-state index in [2.05, 4.69) is 26.0 Å². The summed E-state index contributed by atoms with van der Waals surface area (Å²) in [6.07, 6.45) is 2.08. The highest BCUT2D eigenvalue weighted by atomic mass is 19.1. The fourth-order valence-corrected chi connectivity index (χ4v) is 4.32. The average Bonchev–Trinajstić information content (AvgIpc) is 2.90. The fraction of sp³-hybridized carbons (Fsp3) is 0.417. The minimum absolute atomic E-state index is 0.0224. The van der Waals surface area contributed by atoms with Crippen LogP contribution in [0, 0.1) is 25.6 Å². The number of rotatable bonds is 5. The molecule has 3 rings (SSSR count). The van der Waals surface area contributed by atoms with Gasteiger partial charge in [-0.2, -0.15) is 0 Å². The molecule has 0 bridgehead atoms. The molecule has 0 amide bonds. The summed E-state index contributed by atoms with van der Waals surface area (Å²) in [5.74, 6) is -1.49. The third-order valence-electron chi connectivity index (χ3n) is 5.68. The lowest BCUT2D eigenvalue weighted by Gasteiger charge is -2.19. The molecule has 2 aromatic carbocycles. The largest absolute Gasteiger partial charge is 0.298 e. The van der Waals surface area contributed by atoms with Crippen molar-refractivity contribution in [2.24, 2.45) is 5.92 Å². The van der Waals surface area contributed by atoms with Crippen molar-refractivity contribution in [3.05, 3.63) is 69.5 Å². The van der Waals surface area contributed by atoms with Gasteiger partial charge in [-0.1, -0.05) is 43.7 Å². The van der Waals surface area contributed by atoms with Crippen molar-refractivity contribution >= 4 is 11.6 Å². The van der Waals surface area contributed by atoms with E-state index in [1.54, 1.807) is 6.07 Å². The molecule has 1 aliphatic carbocycles. The first-order valence-corrected chi connectivity index (χ1v) is 9.79. The van der Waals surface area contributed by atoms with Gasteiger partial charge < -0.3 is 0 Å². The SMILES string of the molecule is CCc1cc(C)cc(CC)c1C1C(=O)CC(Cc2ccc(C)cc2F)C1=O. The van der Waals surface area contributed by atoms with Crippen LogP contribution in [0.25, 0.3) is 0 Å². The third kappa shape index (κ3) is 3.73. The molecule has 0 heterocycles. The summed E-state index contributed by atoms with van der Waals surface area (Å²) in [5.41, 5.74) is 5.60. The molecular formula is C24H27FO2. The highest BCUT2D eigenvalue weighted by Gasteiger charge is 2.43. The molecule has 2 nitrogen and oxygen atoms in total. The Labute approximate surface area is 160 Å². The zero-order chi connectivity index (χ0) is 19.7. The molecule has 0 aliphatic heterocycles. The highest BCUT2D eigenvalue weighted by Crippen LogP contribution is 2.38. The molecule has 3 heteroatoms. The Balaban J connectivity index is 1.95. The van der Waals surface area contributed by atoms with Crippen LogP contribution < -0.4 is 0 Å². The van der Waals surface area contributed by atoms with Gasteiger partial charge in [-0.05, 0) is 67.0 Å². The third-order valence-corrected chi connectivity index (χ3v) is 5.68. The van der Waals surface area contributed by atoms with Gasteiger partial charge in [-0.15, -0.1) is 0 Å². The fourth-order valence-electron chi connectivity index (χ4n) is 4.32. The smallest absolute Gasteiger partial charge is 0.151 e. The summed E-state index contributed by atoms with van der Waals surface area (Å²) in [5, 5.41) is 0. The molecule has 0 N–H and O–H groups in total. The second-order valence-electron chi connectivity index (χ2n) is 7.71. The van der Waals surface area contributed by atoms with E-state index in [4.69, 9.17) is 0 Å². The Morgan fingerprint density at radius 3 is 2.11 bits per heavy atom. The topological polar surface area (TPSA) is 34.1 Å². The van der Waals surface area contributed by atoms with Gasteiger partial charge >= 0.3 is 0 Å². The predicted octanol–water partition coefficient (Wildman–Crippen LogP) is 5.05. The first-order chi connectivity index (χ1) is 12.8. The molecule has 1 aliphatic rings. The van der Waals surface area contributed by atoms with E-state index in [1.165, 1.54) is 6.07 Å². The maximum Gasteiger partial charge on any atom is 0.151 e. The van der Waals surface area contributed by atoms with Crippen LogP contribution in [-0.4, -0.2) is 11.6 Å². The van der Waals surface area contributed by atoms with Crippen LogP contribution in [0.1, 0.15) is 59.6 Å². The second kappa shape index (κ2) is 7.75. The van der Waals surface area contributed by atoms with Crippen LogP contribution in [0.5, 0.6) is 0 Å². The molecule has 2 aromatic rings. The molecule has 0 spiro atoms. The number of Topliss-reactive ketones (excluding diaryl/α,β-unsaturated/α-hetero) is 2. The van der Waals surface area contributed by atoms with E-state index in [1.807, 2.05) is 19.9 Å². The van der Waals surface area contributed by atoms with Crippen molar-refractivity contribution in [1.82, 2.24) is 0 Å². The monoisotopic (exact) mass is 366 g/mol. The maximum absolute atomic E-state index is 14.2. The number of hydrogen-bond donors (Lipinski definition) is 0. The minimum Gasteiger partial charge on any atom is -0.298 e. The van der Waals surface area contributed by atoms with Crippen LogP contribution in [0.4, 0.5) is 4.39 Å². The van der Waals surface area contributed by atoms with E-state index >= 15 is 0 Å². The van der Waals surface area contributed by atoms with Gasteiger partial charge in [0.05, 0.1) is 0 Å². The first kappa shape index (κ1) is 19.5. The number of carbonyl (C=O) groups excluding carboxylic acids is 2. The van der Waals surface area contributed by atoms with Crippen LogP contribution in [0.3, 0.4) is 0 Å². The molecule has 1 fully saturated rings. The standard InChI is InChI=1S/C24H27FO2/c1-5-16-9-15(4)10-17(6-2)22(16)23-21(26)13-19(24(23)27)12-18-8-7-14(3)11-20(18)25/h7-11,19,23H,5-6,12-13H2,1-4H3. The molecule has 142 valence electrons. The van der Waals surface area contributed by atoms with Crippen LogP contribution in [0.2, 0.25) is 0 Å². The van der Waals surface area contributed by atoms with Crippen molar-refractivity contribution in [3.8, 4) is 0 Å². The average molecular weight is 366 g/mol. The van der Waals surface area contributed by atoms with Gasteiger partial charge in [0.1, 0.15) is 17.5 Å². The Bertz CT molecular complexity index is 872. The molecule has 27 heavy (non-hydrogen) atoms. The van der Waals surface area contributed by atoms with Crippen LogP contribution in [0.15, 0.2) is 30.3 Å². The summed E-state index contributed by atoms with van der Waals surface area (Å²) in [4.78, 5) is 26.0. The Hall–Kier alpha value is -2.29. The van der Waals surface area contributed by atoms with Crippen molar-refractivity contribution in [3.63, 3.8) is 0 Å². The van der Waals surface area contributed by atoms with Gasteiger partial charge in [0, 0.05) is 12.3 Å². The predicted molar refractivity (Wildman–Crippen MR) is 106 cm³/mol. The summed E-state index contributed by atoms with van der Waals surface area (Å²) < 4.78 is 14.2. The van der Waals surface area contributed by atoms with Gasteiger partial charge in [0.15, 0.2) is 5.78 Å². The molecule has 0 saturated heterocycles. The maximum atomic E-state index is 14.2. The number of hydrogen-bond acceptors (Lipinski definition) is 2. The number of ketones is 2. The zero-order valence-corrected chi connectivity index (χ0v) is 16.6. The van der Waals surface area contributed by atoms with Crippen molar-refractivity contribution in [2.75, 3.05) is 0 Å². The van der Waals surface area contributed by atoms with Crippen molar-refractivity contribution < 1.29 is 14.0 Å². The summed E-state index contributed by atoms with van der Waals surface area (Å²) in [6.45, 7) is 7.99. The molecule has 1 saturated carbocycles. The summed E-state index contributed by atoms with van der Waals surface area (Å²) in [6, 6.07) is 9.24. The Morgan fingerprint density at radius 2 is 1.56 bits per heavy atom. The molecule has 2 atom stereocenters. The summed E-state index contributed by atoms with van der Waals surface area (Å²) >= 11 is 0. The van der Waals surface area contributed by atoms with E-state index in [0.29, 0.717) is 12.0 Å². The van der Waals surface area contributed by atoms with E-state index in [9.17, 15) is 14.0 Å². The van der Waals surface area contributed by atoms with Gasteiger partial charge in [-0.3, -0.25) is 9.59 Å². The number of benzene rings is 2. The molecule has 0 aromatic heterocycles. The second-order valence-corrected chi connectivity index (χ2v) is 7.71. The van der Waals surface area contributed by atoms with Crippen molar-refractivity contribution in [2.45, 2.75) is 59.3 Å². The van der Waals surface area contributed by atoms with Gasteiger partial charge in [0.25, 0.3) is 0 Å². The lowest BCUT2D eigenvalue weighted by molar-refractivity contribution is -0.124. The number of halogens is 1. The zero-order valence-electron chi connectivity index (χ0n) is 16.6. The van der Waals surface area contributed by atoms with Gasteiger partial charge in [0.2, 0.25) is 0 Å². The van der Waals surface area contributed by atoms with E-state index < -0.39 is 11.8 Å². The van der Waals surface area contributed by atoms with Gasteiger partial charge in [-0.25, -0.2) is 4.39 Å². The molecule has 0 radical (unpaired) electrons. The lowest BCUT2D eigenvalue weighted by Crippen LogP contribution is -2.20. The van der Waals surface area contributed by atoms with E-state index in [-0.39, 0.29) is 23.8 Å².